The van der Waals surface area contributed by atoms with Crippen LogP contribution < -0.4 is 0 Å². The number of pyridine rings is 1. The molecule has 3 heterocycles. The van der Waals surface area contributed by atoms with Crippen molar-refractivity contribution in [2.75, 3.05) is 19.6 Å². The minimum Gasteiger partial charge on any atom is -0.340 e. The fourth-order valence-corrected chi connectivity index (χ4v) is 3.92. The molecule has 5 nitrogen and oxygen atoms in total. The number of rotatable bonds is 3. The van der Waals surface area contributed by atoms with Crippen LogP contribution >= 0.6 is 0 Å². The van der Waals surface area contributed by atoms with Crippen LogP contribution in [0.15, 0.2) is 24.5 Å². The van der Waals surface area contributed by atoms with Crippen LogP contribution in [0, 0.1) is 11.3 Å². The van der Waals surface area contributed by atoms with E-state index in [0.717, 1.165) is 45.4 Å². The van der Waals surface area contributed by atoms with E-state index in [1.54, 1.807) is 0 Å². The third-order valence-electron chi connectivity index (χ3n) is 5.00. The third-order valence-corrected chi connectivity index (χ3v) is 5.00. The number of nitrogens with zero attached hydrogens (tertiary/aromatic N) is 4. The van der Waals surface area contributed by atoms with Gasteiger partial charge in [-0.15, -0.1) is 0 Å². The van der Waals surface area contributed by atoms with E-state index in [2.05, 4.69) is 22.0 Å². The number of aromatic nitrogens is 1. The van der Waals surface area contributed by atoms with Gasteiger partial charge in [-0.3, -0.25) is 14.7 Å². The molecule has 5 heteroatoms. The highest BCUT2D eigenvalue weighted by molar-refractivity contribution is 5.78. The van der Waals surface area contributed by atoms with Crippen LogP contribution in [-0.4, -0.2) is 45.9 Å². The first kappa shape index (κ1) is 15.0. The molecule has 0 aliphatic carbocycles. The molecule has 1 aromatic rings. The Balaban J connectivity index is 1.73. The lowest BCUT2D eigenvalue weighted by Gasteiger charge is -2.46. The van der Waals surface area contributed by atoms with E-state index >= 15 is 0 Å². The predicted molar refractivity (Wildman–Crippen MR) is 82.7 cm³/mol. The van der Waals surface area contributed by atoms with Gasteiger partial charge in [-0.1, -0.05) is 0 Å². The van der Waals surface area contributed by atoms with Gasteiger partial charge in [-0.05, 0) is 49.9 Å². The lowest BCUT2D eigenvalue weighted by Crippen LogP contribution is -2.56. The smallest absolute Gasteiger partial charge is 0.236 e. The maximum Gasteiger partial charge on any atom is 0.236 e. The molecule has 1 amide bonds. The molecule has 0 N–H and O–H groups in total. The molecule has 2 saturated heterocycles. The van der Waals surface area contributed by atoms with E-state index in [9.17, 15) is 4.79 Å². The second-order valence-electron chi connectivity index (χ2n) is 6.36. The molecule has 2 aliphatic rings. The second-order valence-corrected chi connectivity index (χ2v) is 6.36. The Morgan fingerprint density at radius 2 is 2.00 bits per heavy atom. The molecule has 116 valence electrons. The second kappa shape index (κ2) is 6.45. The summed E-state index contributed by atoms with van der Waals surface area (Å²) in [6.07, 6.45) is 8.18. The minimum absolute atomic E-state index is 0.000431. The molecule has 2 fully saturated rings. The van der Waals surface area contributed by atoms with Gasteiger partial charge in [-0.25, -0.2) is 0 Å². The van der Waals surface area contributed by atoms with Crippen molar-refractivity contribution in [2.24, 2.45) is 0 Å². The molecule has 0 radical (unpaired) electrons. The van der Waals surface area contributed by atoms with Gasteiger partial charge in [0.2, 0.25) is 5.91 Å². The van der Waals surface area contributed by atoms with Crippen molar-refractivity contribution in [3.05, 3.63) is 30.1 Å². The highest BCUT2D eigenvalue weighted by Crippen LogP contribution is 2.38. The molecular weight excluding hydrogens is 276 g/mol. The van der Waals surface area contributed by atoms with Crippen LogP contribution in [0.4, 0.5) is 0 Å². The SMILES string of the molecule is N#CCC(=O)N1CCC[C@@]2(CCCN2Cc2ccncc2)C1. The van der Waals surface area contributed by atoms with Crippen molar-refractivity contribution >= 4 is 5.91 Å². The maximum atomic E-state index is 12.1. The Hall–Kier alpha value is -1.93. The van der Waals surface area contributed by atoms with E-state index in [1.807, 2.05) is 23.4 Å². The Kier molecular flexibility index (Phi) is 4.39. The Labute approximate surface area is 131 Å². The van der Waals surface area contributed by atoms with Crippen LogP contribution in [0.2, 0.25) is 0 Å². The molecule has 0 bridgehead atoms. The highest BCUT2D eigenvalue weighted by atomic mass is 16.2. The minimum atomic E-state index is -0.0164. The van der Waals surface area contributed by atoms with Gasteiger partial charge in [0.15, 0.2) is 0 Å². The lowest BCUT2D eigenvalue weighted by atomic mass is 9.86. The molecular formula is C17H22N4O. The molecule has 3 rings (SSSR count). The van der Waals surface area contributed by atoms with E-state index in [4.69, 9.17) is 5.26 Å². The standard InChI is InChI=1S/C17H22N4O/c18-8-3-16(22)20-11-1-6-17(14-20)7-2-12-21(17)13-15-4-9-19-10-5-15/h4-5,9-10H,1-3,6-7,11-14H2/t17-/m1/s1. The molecule has 0 unspecified atom stereocenters. The molecule has 2 aliphatic heterocycles. The molecule has 1 aromatic heterocycles. The first-order valence-corrected chi connectivity index (χ1v) is 8.02. The van der Waals surface area contributed by atoms with Gasteiger partial charge < -0.3 is 4.90 Å². The van der Waals surface area contributed by atoms with Crippen LogP contribution in [0.3, 0.4) is 0 Å². The number of nitriles is 1. The Bertz CT molecular complexity index is 568. The van der Waals surface area contributed by atoms with E-state index in [1.165, 1.54) is 12.0 Å². The number of likely N-dealkylation sites (tertiary alicyclic amines) is 2. The normalized spacial score (nSPS) is 25.3. The Morgan fingerprint density at radius 1 is 1.27 bits per heavy atom. The summed E-state index contributed by atoms with van der Waals surface area (Å²) in [5.74, 6) is -0.0164. The van der Waals surface area contributed by atoms with Crippen molar-refractivity contribution in [2.45, 2.75) is 44.2 Å². The zero-order valence-electron chi connectivity index (χ0n) is 12.9. The van der Waals surface area contributed by atoms with Crippen molar-refractivity contribution in [3.63, 3.8) is 0 Å². The highest BCUT2D eigenvalue weighted by Gasteiger charge is 2.44. The quantitative estimate of drug-likeness (QED) is 0.856. The first-order chi connectivity index (χ1) is 10.7. The summed E-state index contributed by atoms with van der Waals surface area (Å²) in [7, 11) is 0. The van der Waals surface area contributed by atoms with Crippen molar-refractivity contribution in [3.8, 4) is 6.07 Å². The van der Waals surface area contributed by atoms with Crippen LogP contribution in [0.25, 0.3) is 0 Å². The number of carbonyl (C=O) groups is 1. The van der Waals surface area contributed by atoms with Gasteiger partial charge >= 0.3 is 0 Å². The summed E-state index contributed by atoms with van der Waals surface area (Å²) in [5, 5.41) is 8.76. The van der Waals surface area contributed by atoms with Gasteiger partial charge in [0, 0.05) is 37.6 Å². The van der Waals surface area contributed by atoms with Gasteiger partial charge in [0.05, 0.1) is 6.07 Å². The number of piperidine rings is 1. The van der Waals surface area contributed by atoms with Crippen LogP contribution in [0.5, 0.6) is 0 Å². The number of hydrogen-bond donors (Lipinski definition) is 0. The molecule has 0 saturated carbocycles. The van der Waals surface area contributed by atoms with E-state index < -0.39 is 0 Å². The van der Waals surface area contributed by atoms with Crippen molar-refractivity contribution < 1.29 is 4.79 Å². The van der Waals surface area contributed by atoms with Crippen LogP contribution in [-0.2, 0) is 11.3 Å². The fourth-order valence-electron chi connectivity index (χ4n) is 3.92. The first-order valence-electron chi connectivity index (χ1n) is 8.02. The zero-order valence-corrected chi connectivity index (χ0v) is 12.9. The van der Waals surface area contributed by atoms with Crippen molar-refractivity contribution in [1.29, 1.82) is 5.26 Å². The summed E-state index contributed by atoms with van der Waals surface area (Å²) in [6.45, 7) is 3.58. The average Bonchev–Trinajstić information content (AvgIpc) is 2.90. The largest absolute Gasteiger partial charge is 0.340 e. The lowest BCUT2D eigenvalue weighted by molar-refractivity contribution is -0.134. The van der Waals surface area contributed by atoms with Crippen LogP contribution in [0.1, 0.15) is 37.7 Å². The topological polar surface area (TPSA) is 60.2 Å². The summed E-state index contributed by atoms with van der Waals surface area (Å²) in [5.41, 5.74) is 1.38. The summed E-state index contributed by atoms with van der Waals surface area (Å²) < 4.78 is 0. The summed E-state index contributed by atoms with van der Waals surface area (Å²) in [4.78, 5) is 20.6. The van der Waals surface area contributed by atoms with Gasteiger partial charge in [0.25, 0.3) is 0 Å². The van der Waals surface area contributed by atoms with Crippen molar-refractivity contribution in [1.82, 2.24) is 14.8 Å². The van der Waals surface area contributed by atoms with Gasteiger partial charge in [-0.2, -0.15) is 5.26 Å². The predicted octanol–water partition coefficient (Wildman–Crippen LogP) is 1.95. The molecule has 1 spiro atoms. The number of hydrogen-bond acceptors (Lipinski definition) is 4. The summed E-state index contributed by atoms with van der Waals surface area (Å²) >= 11 is 0. The van der Waals surface area contributed by atoms with E-state index in [0.29, 0.717) is 0 Å². The third kappa shape index (κ3) is 2.97. The average molecular weight is 298 g/mol. The van der Waals surface area contributed by atoms with E-state index in [-0.39, 0.29) is 17.9 Å². The number of carbonyl (C=O) groups excluding carboxylic acids is 1. The monoisotopic (exact) mass is 298 g/mol. The molecule has 0 aromatic carbocycles. The maximum absolute atomic E-state index is 12.1. The molecule has 22 heavy (non-hydrogen) atoms. The molecule has 1 atom stereocenters. The fraction of sp³-hybridized carbons (Fsp3) is 0.588. The zero-order chi connectivity index (χ0) is 15.4. The number of amides is 1. The summed E-state index contributed by atoms with van der Waals surface area (Å²) in [6, 6.07) is 6.11. The Morgan fingerprint density at radius 3 is 2.73 bits per heavy atom. The van der Waals surface area contributed by atoms with Gasteiger partial charge in [0.1, 0.15) is 6.42 Å².